The van der Waals surface area contributed by atoms with Crippen LogP contribution in [0.3, 0.4) is 0 Å². The number of hydrogen-bond donors (Lipinski definition) is 0. The summed E-state index contributed by atoms with van der Waals surface area (Å²) in [6.07, 6.45) is 0.699. The molecular weight excluding hydrogens is 377 g/mol. The van der Waals surface area contributed by atoms with Crippen LogP contribution in [-0.4, -0.2) is 34.0 Å². The van der Waals surface area contributed by atoms with Crippen LogP contribution in [0.4, 0.5) is 4.39 Å². The molecule has 5 nitrogen and oxygen atoms in total. The summed E-state index contributed by atoms with van der Waals surface area (Å²) < 4.78 is 19.2. The molecule has 0 N–H and O–H groups in total. The van der Waals surface area contributed by atoms with Crippen molar-refractivity contribution in [3.8, 4) is 10.8 Å². The number of carbonyl (C=O) groups excluding carboxylic acids is 1. The largest absolute Gasteiger partial charge is 0.342 e. The number of hydrogen-bond acceptors (Lipinski definition) is 5. The maximum absolute atomic E-state index is 13.9. The number of halogens is 2. The van der Waals surface area contributed by atoms with Gasteiger partial charge in [0.05, 0.1) is 11.3 Å². The van der Waals surface area contributed by atoms with Crippen LogP contribution >= 0.6 is 22.9 Å². The first-order valence-corrected chi connectivity index (χ1v) is 9.45. The Morgan fingerprint density at radius 3 is 3.04 bits per heavy atom. The summed E-state index contributed by atoms with van der Waals surface area (Å²) in [5.74, 6) is 0.514. The highest BCUT2D eigenvalue weighted by molar-refractivity contribution is 7.13. The molecular formula is C18H15ClFN3O2S. The maximum atomic E-state index is 13.9. The number of thiophene rings is 1. The molecule has 1 aliphatic rings. The molecule has 26 heavy (non-hydrogen) atoms. The van der Waals surface area contributed by atoms with Crippen LogP contribution in [0.15, 0.2) is 40.2 Å². The third-order valence-corrected chi connectivity index (χ3v) is 5.68. The van der Waals surface area contributed by atoms with Crippen LogP contribution in [0.2, 0.25) is 5.02 Å². The minimum atomic E-state index is -0.458. The molecule has 1 fully saturated rings. The maximum Gasteiger partial charge on any atom is 0.267 e. The number of likely N-dealkylation sites (tertiary alicyclic amines) is 1. The number of carbonyl (C=O) groups is 1. The Hall–Kier alpha value is -2.25. The smallest absolute Gasteiger partial charge is 0.267 e. The summed E-state index contributed by atoms with van der Waals surface area (Å²) in [4.78, 5) is 19.6. The number of amides is 1. The first kappa shape index (κ1) is 17.2. The lowest BCUT2D eigenvalue weighted by atomic mass is 10.1. The van der Waals surface area contributed by atoms with Crippen molar-refractivity contribution >= 4 is 28.8 Å². The molecule has 0 bridgehead atoms. The summed E-state index contributed by atoms with van der Waals surface area (Å²) in [7, 11) is 0. The highest BCUT2D eigenvalue weighted by atomic mass is 35.5. The third kappa shape index (κ3) is 3.37. The first-order chi connectivity index (χ1) is 12.6. The Balaban J connectivity index is 1.43. The summed E-state index contributed by atoms with van der Waals surface area (Å²) in [6, 6.07) is 8.27. The van der Waals surface area contributed by atoms with Crippen molar-refractivity contribution in [2.75, 3.05) is 13.1 Å². The fourth-order valence-corrected chi connectivity index (χ4v) is 3.94. The Labute approximate surface area is 158 Å². The first-order valence-electron chi connectivity index (χ1n) is 8.20. The lowest BCUT2D eigenvalue weighted by molar-refractivity contribution is -0.129. The fraction of sp³-hybridized carbons (Fsp3) is 0.278. The second-order valence-electron chi connectivity index (χ2n) is 6.14. The topological polar surface area (TPSA) is 59.2 Å². The van der Waals surface area contributed by atoms with Crippen molar-refractivity contribution in [3.05, 3.63) is 57.9 Å². The van der Waals surface area contributed by atoms with Gasteiger partial charge < -0.3 is 9.42 Å². The van der Waals surface area contributed by atoms with E-state index in [1.807, 2.05) is 17.5 Å². The highest BCUT2D eigenvalue weighted by Crippen LogP contribution is 2.29. The van der Waals surface area contributed by atoms with E-state index in [0.717, 1.165) is 11.3 Å². The zero-order valence-electron chi connectivity index (χ0n) is 13.7. The number of aromatic nitrogens is 2. The molecule has 0 radical (unpaired) electrons. The highest BCUT2D eigenvalue weighted by Gasteiger charge is 2.31. The molecule has 0 saturated carbocycles. The van der Waals surface area contributed by atoms with Crippen molar-refractivity contribution in [2.45, 2.75) is 18.8 Å². The quantitative estimate of drug-likeness (QED) is 0.670. The molecule has 2 aromatic heterocycles. The van der Waals surface area contributed by atoms with E-state index in [2.05, 4.69) is 10.1 Å². The average molecular weight is 392 g/mol. The van der Waals surface area contributed by atoms with Gasteiger partial charge in [0, 0.05) is 29.6 Å². The van der Waals surface area contributed by atoms with Crippen molar-refractivity contribution in [3.63, 3.8) is 0 Å². The lowest BCUT2D eigenvalue weighted by Crippen LogP contribution is -2.30. The molecule has 3 aromatic rings. The lowest BCUT2D eigenvalue weighted by Gasteiger charge is -2.16. The second kappa shape index (κ2) is 7.17. The minimum absolute atomic E-state index is 0.0208. The van der Waals surface area contributed by atoms with Gasteiger partial charge in [-0.3, -0.25) is 4.79 Å². The fourth-order valence-electron chi connectivity index (χ4n) is 3.06. The molecule has 134 valence electrons. The summed E-state index contributed by atoms with van der Waals surface area (Å²) >= 11 is 7.55. The van der Waals surface area contributed by atoms with Gasteiger partial charge >= 0.3 is 0 Å². The van der Waals surface area contributed by atoms with E-state index < -0.39 is 5.82 Å². The van der Waals surface area contributed by atoms with Crippen molar-refractivity contribution < 1.29 is 13.7 Å². The van der Waals surface area contributed by atoms with E-state index in [1.54, 1.807) is 11.0 Å². The molecule has 4 rings (SSSR count). The summed E-state index contributed by atoms with van der Waals surface area (Å²) in [5, 5.41) is 6.28. The molecule has 0 unspecified atom stereocenters. The van der Waals surface area contributed by atoms with Gasteiger partial charge in [0.25, 0.3) is 5.89 Å². The Morgan fingerprint density at radius 2 is 2.27 bits per heavy atom. The zero-order valence-corrected chi connectivity index (χ0v) is 15.3. The Kier molecular flexibility index (Phi) is 4.74. The monoisotopic (exact) mass is 391 g/mol. The second-order valence-corrected chi connectivity index (χ2v) is 7.49. The molecule has 1 saturated heterocycles. The molecule has 1 aromatic carbocycles. The van der Waals surface area contributed by atoms with E-state index in [9.17, 15) is 9.18 Å². The molecule has 1 amide bonds. The molecule has 8 heteroatoms. The summed E-state index contributed by atoms with van der Waals surface area (Å²) in [5.41, 5.74) is 0.238. The standard InChI is InChI=1S/C18H15ClFN3O2S/c19-13-3-1-4-14(20)12(13)9-16(24)23-7-6-11(10-23)17-21-18(25-22-17)15-5-2-8-26-15/h1-5,8,11H,6-7,9-10H2/t11-/m0/s1. The minimum Gasteiger partial charge on any atom is -0.342 e. The number of nitrogens with zero attached hydrogens (tertiary/aromatic N) is 3. The molecule has 0 spiro atoms. The van der Waals surface area contributed by atoms with Crippen LogP contribution in [0.25, 0.3) is 10.8 Å². The van der Waals surface area contributed by atoms with Gasteiger partial charge in [-0.1, -0.05) is 28.9 Å². The van der Waals surface area contributed by atoms with E-state index in [1.165, 1.54) is 23.5 Å². The van der Waals surface area contributed by atoms with Crippen molar-refractivity contribution in [2.24, 2.45) is 0 Å². The normalized spacial score (nSPS) is 17.0. The zero-order chi connectivity index (χ0) is 18.1. The van der Waals surface area contributed by atoms with E-state index in [-0.39, 0.29) is 28.8 Å². The number of benzene rings is 1. The molecule has 3 heterocycles. The molecule has 1 atom stereocenters. The predicted octanol–water partition coefficient (Wildman–Crippen LogP) is 4.15. The van der Waals surface area contributed by atoms with Crippen LogP contribution in [0.5, 0.6) is 0 Å². The third-order valence-electron chi connectivity index (χ3n) is 4.47. The van der Waals surface area contributed by atoms with Crippen molar-refractivity contribution in [1.82, 2.24) is 15.0 Å². The number of rotatable bonds is 4. The van der Waals surface area contributed by atoms with Gasteiger partial charge in [-0.05, 0) is 30.0 Å². The van der Waals surface area contributed by atoms with Gasteiger partial charge in [0.1, 0.15) is 5.82 Å². The molecule has 1 aliphatic heterocycles. The van der Waals surface area contributed by atoms with Crippen LogP contribution in [0, 0.1) is 5.82 Å². The van der Waals surface area contributed by atoms with E-state index in [4.69, 9.17) is 16.1 Å². The Bertz CT molecular complexity index is 908. The van der Waals surface area contributed by atoms with Gasteiger partial charge in [-0.15, -0.1) is 11.3 Å². The Morgan fingerprint density at radius 1 is 1.38 bits per heavy atom. The van der Waals surface area contributed by atoms with E-state index in [0.29, 0.717) is 24.8 Å². The van der Waals surface area contributed by atoms with E-state index >= 15 is 0 Å². The van der Waals surface area contributed by atoms with Crippen LogP contribution in [0.1, 0.15) is 23.7 Å². The van der Waals surface area contributed by atoms with Gasteiger partial charge in [0.15, 0.2) is 5.82 Å². The van der Waals surface area contributed by atoms with Crippen LogP contribution < -0.4 is 0 Å². The summed E-state index contributed by atoms with van der Waals surface area (Å²) in [6.45, 7) is 1.08. The van der Waals surface area contributed by atoms with Gasteiger partial charge in [-0.25, -0.2) is 4.39 Å². The van der Waals surface area contributed by atoms with Gasteiger partial charge in [-0.2, -0.15) is 4.98 Å². The SMILES string of the molecule is O=C(Cc1c(F)cccc1Cl)N1CC[C@H](c2noc(-c3cccs3)n2)C1. The van der Waals surface area contributed by atoms with Crippen LogP contribution in [-0.2, 0) is 11.2 Å². The molecule has 0 aliphatic carbocycles. The van der Waals surface area contributed by atoms with Gasteiger partial charge in [0.2, 0.25) is 5.91 Å². The predicted molar refractivity (Wildman–Crippen MR) is 96.7 cm³/mol. The average Bonchev–Trinajstić information content (AvgIpc) is 3.38. The van der Waals surface area contributed by atoms with Crippen molar-refractivity contribution in [1.29, 1.82) is 0 Å².